The van der Waals surface area contributed by atoms with Crippen molar-refractivity contribution in [2.75, 3.05) is 0 Å². The summed E-state index contributed by atoms with van der Waals surface area (Å²) >= 11 is 12.3. The number of benzene rings is 1. The number of nitrogens with zero attached hydrogens (tertiary/aromatic N) is 2. The number of hydrogen-bond acceptors (Lipinski definition) is 2. The van der Waals surface area contributed by atoms with Gasteiger partial charge in [0.1, 0.15) is 0 Å². The lowest BCUT2D eigenvalue weighted by Crippen LogP contribution is -2.06. The van der Waals surface area contributed by atoms with Gasteiger partial charge in [-0.1, -0.05) is 29.8 Å². The van der Waals surface area contributed by atoms with Crippen LogP contribution in [0.25, 0.3) is 11.4 Å². The molecule has 0 aliphatic carbocycles. The molecular weight excluding hydrogens is 378 g/mol. The van der Waals surface area contributed by atoms with Gasteiger partial charge in [0, 0.05) is 21.1 Å². The van der Waals surface area contributed by atoms with Crippen LogP contribution in [0.2, 0.25) is 0 Å². The van der Waals surface area contributed by atoms with Crippen LogP contribution in [-0.2, 0) is 6.54 Å². The molecule has 2 rings (SSSR count). The Morgan fingerprint density at radius 1 is 1.39 bits per heavy atom. The van der Waals surface area contributed by atoms with E-state index in [1.165, 1.54) is 0 Å². The number of halogens is 2. The van der Waals surface area contributed by atoms with E-state index in [4.69, 9.17) is 12.2 Å². The Morgan fingerprint density at radius 2 is 2.11 bits per heavy atom. The van der Waals surface area contributed by atoms with Gasteiger partial charge < -0.3 is 0 Å². The maximum atomic E-state index is 5.28. The minimum absolute atomic E-state index is 0.516. The van der Waals surface area contributed by atoms with Gasteiger partial charge in [-0.15, -0.1) is 0 Å². The lowest BCUT2D eigenvalue weighted by molar-refractivity contribution is 0.521. The SMILES string of the molecule is CC(C)Cn1c(-c2ccc(Br)cc2Br)n[nH]c1=S. The van der Waals surface area contributed by atoms with E-state index < -0.39 is 0 Å². The monoisotopic (exact) mass is 389 g/mol. The molecule has 0 amide bonds. The Bertz CT molecular complexity index is 616. The van der Waals surface area contributed by atoms with Crippen LogP contribution in [0.4, 0.5) is 0 Å². The Morgan fingerprint density at radius 3 is 2.72 bits per heavy atom. The highest BCUT2D eigenvalue weighted by atomic mass is 79.9. The minimum atomic E-state index is 0.516. The van der Waals surface area contributed by atoms with E-state index in [-0.39, 0.29) is 0 Å². The van der Waals surface area contributed by atoms with E-state index in [0.717, 1.165) is 26.9 Å². The fraction of sp³-hybridized carbons (Fsp3) is 0.333. The zero-order valence-corrected chi connectivity index (χ0v) is 14.1. The fourth-order valence-corrected chi connectivity index (χ4v) is 3.16. The summed E-state index contributed by atoms with van der Waals surface area (Å²) in [4.78, 5) is 0. The van der Waals surface area contributed by atoms with Gasteiger partial charge in [-0.25, -0.2) is 0 Å². The van der Waals surface area contributed by atoms with Gasteiger partial charge in [0.15, 0.2) is 10.6 Å². The lowest BCUT2D eigenvalue weighted by Gasteiger charge is -2.10. The number of aromatic amines is 1. The predicted octanol–water partition coefficient (Wildman–Crippen LogP) is 4.79. The van der Waals surface area contributed by atoms with E-state index in [1.807, 2.05) is 22.8 Å². The molecule has 0 aliphatic rings. The van der Waals surface area contributed by atoms with E-state index in [1.54, 1.807) is 0 Å². The summed E-state index contributed by atoms with van der Waals surface area (Å²) in [7, 11) is 0. The molecule has 0 saturated heterocycles. The van der Waals surface area contributed by atoms with Gasteiger partial charge in [-0.05, 0) is 52.3 Å². The molecule has 0 saturated carbocycles. The third-order valence-corrected chi connectivity index (χ3v) is 3.94. The van der Waals surface area contributed by atoms with Crippen molar-refractivity contribution >= 4 is 44.1 Å². The summed E-state index contributed by atoms with van der Waals surface area (Å²) in [5.41, 5.74) is 1.03. The van der Waals surface area contributed by atoms with E-state index in [2.05, 4.69) is 55.9 Å². The molecule has 18 heavy (non-hydrogen) atoms. The quantitative estimate of drug-likeness (QED) is 0.764. The fourth-order valence-electron chi connectivity index (χ4n) is 1.73. The summed E-state index contributed by atoms with van der Waals surface area (Å²) in [6.45, 7) is 5.18. The Kier molecular flexibility index (Phi) is 4.40. The van der Waals surface area contributed by atoms with Crippen molar-refractivity contribution in [1.82, 2.24) is 14.8 Å². The van der Waals surface area contributed by atoms with Crippen LogP contribution < -0.4 is 0 Å². The first-order valence-electron chi connectivity index (χ1n) is 5.59. The number of H-pyrrole nitrogens is 1. The normalized spacial score (nSPS) is 11.2. The van der Waals surface area contributed by atoms with Crippen molar-refractivity contribution in [2.45, 2.75) is 20.4 Å². The van der Waals surface area contributed by atoms with Gasteiger partial charge in [-0.3, -0.25) is 9.67 Å². The second-order valence-corrected chi connectivity index (χ2v) is 6.64. The molecule has 1 aromatic carbocycles. The number of rotatable bonds is 3. The van der Waals surface area contributed by atoms with E-state index in [9.17, 15) is 0 Å². The Labute approximate surface area is 128 Å². The molecule has 3 nitrogen and oxygen atoms in total. The summed E-state index contributed by atoms with van der Waals surface area (Å²) in [5.74, 6) is 1.38. The molecule has 1 N–H and O–H groups in total. The number of aromatic nitrogens is 3. The van der Waals surface area contributed by atoms with E-state index >= 15 is 0 Å². The molecule has 0 fully saturated rings. The van der Waals surface area contributed by atoms with Crippen LogP contribution in [0.15, 0.2) is 27.1 Å². The molecule has 96 valence electrons. The van der Waals surface area contributed by atoms with Crippen molar-refractivity contribution < 1.29 is 0 Å². The van der Waals surface area contributed by atoms with Crippen molar-refractivity contribution in [2.24, 2.45) is 5.92 Å². The summed E-state index contributed by atoms with van der Waals surface area (Å²) in [5, 5.41) is 7.20. The van der Waals surface area contributed by atoms with Crippen molar-refractivity contribution in [3.05, 3.63) is 31.9 Å². The smallest absolute Gasteiger partial charge is 0.195 e. The Balaban J connectivity index is 2.54. The first kappa shape index (κ1) is 14.0. The summed E-state index contributed by atoms with van der Waals surface area (Å²) < 4.78 is 4.72. The van der Waals surface area contributed by atoms with Gasteiger partial charge in [-0.2, -0.15) is 5.10 Å². The summed E-state index contributed by atoms with van der Waals surface area (Å²) in [6.07, 6.45) is 0. The van der Waals surface area contributed by atoms with Gasteiger partial charge in [0.05, 0.1) is 0 Å². The van der Waals surface area contributed by atoms with Crippen LogP contribution in [0.5, 0.6) is 0 Å². The molecule has 0 spiro atoms. The highest BCUT2D eigenvalue weighted by molar-refractivity contribution is 9.11. The van der Waals surface area contributed by atoms with Gasteiger partial charge >= 0.3 is 0 Å². The molecule has 0 aliphatic heterocycles. The predicted molar refractivity (Wildman–Crippen MR) is 83.1 cm³/mol. The second kappa shape index (κ2) is 5.67. The third kappa shape index (κ3) is 2.92. The zero-order valence-electron chi connectivity index (χ0n) is 10.1. The van der Waals surface area contributed by atoms with Crippen LogP contribution in [0.1, 0.15) is 13.8 Å². The molecule has 1 aromatic heterocycles. The maximum Gasteiger partial charge on any atom is 0.195 e. The molecule has 0 radical (unpaired) electrons. The second-order valence-electron chi connectivity index (χ2n) is 4.48. The molecule has 1 heterocycles. The first-order chi connectivity index (χ1) is 8.49. The highest BCUT2D eigenvalue weighted by Gasteiger charge is 2.13. The van der Waals surface area contributed by atoms with Crippen molar-refractivity contribution in [3.8, 4) is 11.4 Å². The van der Waals surface area contributed by atoms with Crippen molar-refractivity contribution in [3.63, 3.8) is 0 Å². The molecule has 0 bridgehead atoms. The van der Waals surface area contributed by atoms with Crippen LogP contribution in [0.3, 0.4) is 0 Å². The lowest BCUT2D eigenvalue weighted by atomic mass is 10.2. The van der Waals surface area contributed by atoms with Crippen LogP contribution in [0, 0.1) is 10.7 Å². The molecule has 2 aromatic rings. The molecule has 6 heteroatoms. The van der Waals surface area contributed by atoms with Crippen LogP contribution >= 0.6 is 44.1 Å². The van der Waals surface area contributed by atoms with Gasteiger partial charge in [0.25, 0.3) is 0 Å². The first-order valence-corrected chi connectivity index (χ1v) is 7.59. The van der Waals surface area contributed by atoms with Crippen molar-refractivity contribution in [1.29, 1.82) is 0 Å². The zero-order chi connectivity index (χ0) is 13.3. The number of hydrogen-bond donors (Lipinski definition) is 1. The van der Waals surface area contributed by atoms with E-state index in [0.29, 0.717) is 10.7 Å². The minimum Gasteiger partial charge on any atom is -0.300 e. The third-order valence-electron chi connectivity index (χ3n) is 2.48. The molecule has 0 atom stereocenters. The standard InChI is InChI=1S/C12H13Br2N3S/c1-7(2)6-17-11(15-16-12(17)18)9-4-3-8(13)5-10(9)14/h3-5,7H,6H2,1-2H3,(H,16,18). The van der Waals surface area contributed by atoms with Crippen LogP contribution in [-0.4, -0.2) is 14.8 Å². The molecule has 0 unspecified atom stereocenters. The summed E-state index contributed by atoms with van der Waals surface area (Å²) in [6, 6.07) is 6.03. The highest BCUT2D eigenvalue weighted by Crippen LogP contribution is 2.30. The van der Waals surface area contributed by atoms with Gasteiger partial charge in [0.2, 0.25) is 0 Å². The molecular formula is C12H13Br2N3S. The average Bonchev–Trinajstić information content (AvgIpc) is 2.60. The topological polar surface area (TPSA) is 33.6 Å². The largest absolute Gasteiger partial charge is 0.300 e. The number of nitrogens with one attached hydrogen (secondary N) is 1. The maximum absolute atomic E-state index is 5.28. The average molecular weight is 391 g/mol. The Hall–Kier alpha value is -0.460.